The molecule has 0 heterocycles. The van der Waals surface area contributed by atoms with Crippen molar-refractivity contribution < 1.29 is 127 Å². The van der Waals surface area contributed by atoms with Gasteiger partial charge in [0.2, 0.25) is 0 Å². The molecule has 0 spiro atoms. The summed E-state index contributed by atoms with van der Waals surface area (Å²) < 4.78 is 4.61. The van der Waals surface area contributed by atoms with Gasteiger partial charge in [-0.15, -0.1) is 0 Å². The standard InChI is InChI=1S/C5H10O2.CH2O3.2K/c1-4(2)7-5(3)6;2-1(3)4;;/h4H,1-3H3;(H2,2,3,4);;/q;;2*+1/p-2. The maximum atomic E-state index is 10.0. The number of hydrogen-bond donors (Lipinski definition) is 0. The van der Waals surface area contributed by atoms with Gasteiger partial charge in [-0.2, -0.15) is 0 Å². The van der Waals surface area contributed by atoms with E-state index >= 15 is 0 Å². The van der Waals surface area contributed by atoms with Crippen LogP contribution in [-0.4, -0.2) is 18.2 Å². The quantitative estimate of drug-likeness (QED) is 0.335. The zero-order chi connectivity index (χ0) is 9.44. The van der Waals surface area contributed by atoms with Crippen LogP contribution in [0.25, 0.3) is 0 Å². The summed E-state index contributed by atoms with van der Waals surface area (Å²) in [5.41, 5.74) is 0. The topological polar surface area (TPSA) is 89.5 Å². The van der Waals surface area contributed by atoms with Crippen LogP contribution in [0, 0.1) is 0 Å². The van der Waals surface area contributed by atoms with Crippen molar-refractivity contribution in [1.29, 1.82) is 0 Å². The predicted molar refractivity (Wildman–Crippen MR) is 32.3 cm³/mol. The second-order valence-electron chi connectivity index (χ2n) is 1.91. The van der Waals surface area contributed by atoms with Crippen molar-refractivity contribution in [3.8, 4) is 0 Å². The van der Waals surface area contributed by atoms with E-state index in [1.165, 1.54) is 6.92 Å². The average Bonchev–Trinajstić information content (AvgIpc) is 1.56. The molecule has 0 saturated heterocycles. The molecule has 0 aromatic heterocycles. The molecule has 0 aliphatic rings. The monoisotopic (exact) mass is 240 g/mol. The van der Waals surface area contributed by atoms with E-state index in [2.05, 4.69) is 4.74 Å². The summed E-state index contributed by atoms with van der Waals surface area (Å²) >= 11 is 0. The van der Waals surface area contributed by atoms with Gasteiger partial charge in [-0.3, -0.25) is 4.79 Å². The third-order valence-electron chi connectivity index (χ3n) is 0.402. The van der Waals surface area contributed by atoms with Crippen molar-refractivity contribution in [2.45, 2.75) is 26.9 Å². The van der Waals surface area contributed by atoms with E-state index in [-0.39, 0.29) is 115 Å². The number of esters is 1. The van der Waals surface area contributed by atoms with Crippen LogP contribution in [0.1, 0.15) is 20.8 Å². The Kier molecular flexibility index (Phi) is 30.7. The van der Waals surface area contributed by atoms with Gasteiger partial charge in [0.1, 0.15) is 0 Å². The van der Waals surface area contributed by atoms with E-state index in [9.17, 15) is 4.79 Å². The number of rotatable bonds is 1. The van der Waals surface area contributed by atoms with E-state index < -0.39 is 6.16 Å². The van der Waals surface area contributed by atoms with Gasteiger partial charge in [0.25, 0.3) is 0 Å². The Labute approximate surface area is 162 Å². The molecule has 0 bridgehead atoms. The first-order chi connectivity index (χ1) is 4.86. The van der Waals surface area contributed by atoms with E-state index in [0.717, 1.165) is 0 Å². The molecule has 0 atom stereocenters. The van der Waals surface area contributed by atoms with E-state index in [4.69, 9.17) is 15.0 Å². The number of carboxylic acid groups (broad SMARTS) is 2. The molecule has 0 radical (unpaired) electrons. The van der Waals surface area contributed by atoms with Crippen molar-refractivity contribution in [3.63, 3.8) is 0 Å². The molecular formula is C6H10K2O5. The molecule has 0 aromatic rings. The normalized spacial score (nSPS) is 6.77. The van der Waals surface area contributed by atoms with Crippen LogP contribution in [0.3, 0.4) is 0 Å². The van der Waals surface area contributed by atoms with Gasteiger partial charge in [-0.05, 0) is 20.0 Å². The molecule has 0 saturated carbocycles. The third-order valence-corrected chi connectivity index (χ3v) is 0.402. The number of carbonyl (C=O) groups is 2. The van der Waals surface area contributed by atoms with Gasteiger partial charge in [0, 0.05) is 6.92 Å². The van der Waals surface area contributed by atoms with Crippen LogP contribution in [0.2, 0.25) is 0 Å². The van der Waals surface area contributed by atoms with Crippen LogP contribution in [0.15, 0.2) is 0 Å². The molecule has 0 unspecified atom stereocenters. The molecule has 0 amide bonds. The zero-order valence-corrected chi connectivity index (χ0v) is 14.9. The SMILES string of the molecule is CC(=O)OC(C)C.O=C([O-])[O-].[K+].[K+]. The van der Waals surface area contributed by atoms with E-state index in [1.807, 2.05) is 13.8 Å². The minimum Gasteiger partial charge on any atom is -0.652 e. The first-order valence-corrected chi connectivity index (χ1v) is 2.91. The largest absolute Gasteiger partial charge is 1.00 e. The smallest absolute Gasteiger partial charge is 0.652 e. The molecule has 0 rings (SSSR count). The number of carbonyl (C=O) groups excluding carboxylic acids is 2. The van der Waals surface area contributed by atoms with Gasteiger partial charge < -0.3 is 19.7 Å². The zero-order valence-electron chi connectivity index (χ0n) is 8.62. The maximum absolute atomic E-state index is 10.0. The van der Waals surface area contributed by atoms with E-state index in [1.54, 1.807) is 0 Å². The molecule has 66 valence electrons. The van der Waals surface area contributed by atoms with Gasteiger partial charge in [0.15, 0.2) is 0 Å². The van der Waals surface area contributed by atoms with Crippen molar-refractivity contribution >= 4 is 12.1 Å². The summed E-state index contributed by atoms with van der Waals surface area (Å²) in [7, 11) is 0. The number of hydrogen-bond acceptors (Lipinski definition) is 5. The third kappa shape index (κ3) is 55.9. The summed E-state index contributed by atoms with van der Waals surface area (Å²) in [6.07, 6.45) is -2.31. The van der Waals surface area contributed by atoms with Crippen LogP contribution < -0.4 is 113 Å². The predicted octanol–water partition coefficient (Wildman–Crippen LogP) is -7.48. The summed E-state index contributed by atoms with van der Waals surface area (Å²) in [6, 6.07) is 0. The molecule has 0 aliphatic carbocycles. The van der Waals surface area contributed by atoms with Gasteiger partial charge >= 0.3 is 109 Å². The molecule has 0 aliphatic heterocycles. The second kappa shape index (κ2) is 16.4. The minimum atomic E-state index is -2.33. The van der Waals surface area contributed by atoms with Crippen molar-refractivity contribution in [3.05, 3.63) is 0 Å². The Morgan fingerprint density at radius 2 is 1.38 bits per heavy atom. The Morgan fingerprint density at radius 3 is 1.38 bits per heavy atom. The molecular weight excluding hydrogens is 230 g/mol. The average molecular weight is 240 g/mol. The summed E-state index contributed by atoms with van der Waals surface area (Å²) in [4.78, 5) is 18.4. The first-order valence-electron chi connectivity index (χ1n) is 2.91. The molecule has 13 heavy (non-hydrogen) atoms. The summed E-state index contributed by atoms with van der Waals surface area (Å²) in [5.74, 6) is -0.213. The van der Waals surface area contributed by atoms with Crippen molar-refractivity contribution in [2.75, 3.05) is 0 Å². The fraction of sp³-hybridized carbons (Fsp3) is 0.667. The van der Waals surface area contributed by atoms with Crippen LogP contribution in [0.4, 0.5) is 4.79 Å². The molecule has 7 heteroatoms. The molecule has 0 N–H and O–H groups in total. The van der Waals surface area contributed by atoms with Crippen molar-refractivity contribution in [2.24, 2.45) is 0 Å². The fourth-order valence-electron chi connectivity index (χ4n) is 0.332. The summed E-state index contributed by atoms with van der Waals surface area (Å²) in [5, 5.41) is 16.7. The van der Waals surface area contributed by atoms with Crippen LogP contribution >= 0.6 is 0 Å². The van der Waals surface area contributed by atoms with Gasteiger partial charge in [-0.1, -0.05) is 0 Å². The number of ether oxygens (including phenoxy) is 1. The van der Waals surface area contributed by atoms with Gasteiger partial charge in [-0.25, -0.2) is 0 Å². The first kappa shape index (κ1) is 24.3. The Balaban J connectivity index is -0.0000000600. The molecule has 0 fully saturated rings. The molecule has 0 aromatic carbocycles. The Morgan fingerprint density at radius 1 is 1.15 bits per heavy atom. The Hall–Kier alpha value is 2.01. The van der Waals surface area contributed by atoms with E-state index in [0.29, 0.717) is 0 Å². The second-order valence-corrected chi connectivity index (χ2v) is 1.91. The molecule has 5 nitrogen and oxygen atoms in total. The minimum absolute atomic E-state index is 0. The fourth-order valence-corrected chi connectivity index (χ4v) is 0.332. The van der Waals surface area contributed by atoms with Crippen molar-refractivity contribution in [1.82, 2.24) is 0 Å². The Bertz CT molecular complexity index is 133. The van der Waals surface area contributed by atoms with Crippen LogP contribution in [-0.2, 0) is 9.53 Å². The summed E-state index contributed by atoms with van der Waals surface area (Å²) in [6.45, 7) is 5.04. The van der Waals surface area contributed by atoms with Crippen LogP contribution in [0.5, 0.6) is 0 Å². The maximum Gasteiger partial charge on any atom is 1.00 e. The van der Waals surface area contributed by atoms with Gasteiger partial charge in [0.05, 0.1) is 6.10 Å².